The summed E-state index contributed by atoms with van der Waals surface area (Å²) in [5.74, 6) is 0. The fraction of sp³-hybridized carbons (Fsp3) is 0.0588. The number of allylic oxidation sites excluding steroid dienone is 2. The van der Waals surface area contributed by atoms with Gasteiger partial charge in [-0.2, -0.15) is 0 Å². The topological polar surface area (TPSA) is 0 Å². The molecule has 0 unspecified atom stereocenters. The molecule has 0 fully saturated rings. The van der Waals surface area contributed by atoms with Crippen molar-refractivity contribution in [1.29, 1.82) is 0 Å². The number of fused-ring (bicyclic) bond motifs is 1. The van der Waals surface area contributed by atoms with Crippen molar-refractivity contribution in [1.82, 2.24) is 0 Å². The van der Waals surface area contributed by atoms with Crippen LogP contribution in [0.3, 0.4) is 0 Å². The van der Waals surface area contributed by atoms with Gasteiger partial charge in [-0.15, -0.1) is 0 Å². The van der Waals surface area contributed by atoms with Gasteiger partial charge in [0.05, 0.1) is 0 Å². The van der Waals surface area contributed by atoms with E-state index < -0.39 is 0 Å². The molecule has 2 heteroatoms. The third kappa shape index (κ3) is 2.99. The van der Waals surface area contributed by atoms with Gasteiger partial charge in [-0.3, -0.25) is 0 Å². The van der Waals surface area contributed by atoms with E-state index in [4.69, 9.17) is 11.6 Å². The molecule has 19 heavy (non-hydrogen) atoms. The summed E-state index contributed by atoms with van der Waals surface area (Å²) in [5.41, 5.74) is 5.15. The van der Waals surface area contributed by atoms with E-state index in [1.165, 1.54) is 16.7 Å². The van der Waals surface area contributed by atoms with Crippen LogP contribution in [-0.4, -0.2) is 0 Å². The molecular formula is C17H12BrCl. The lowest BCUT2D eigenvalue weighted by molar-refractivity contribution is 1.24. The molecule has 0 radical (unpaired) electrons. The predicted octanol–water partition coefficient (Wildman–Crippen LogP) is 5.76. The lowest BCUT2D eigenvalue weighted by Gasteiger charge is -1.98. The number of rotatable bonds is 2. The molecule has 2 aromatic rings. The van der Waals surface area contributed by atoms with Crippen molar-refractivity contribution in [3.63, 3.8) is 0 Å². The minimum absolute atomic E-state index is 0.773. The Labute approximate surface area is 126 Å². The van der Waals surface area contributed by atoms with Crippen LogP contribution in [0.15, 0.2) is 58.6 Å². The number of benzene rings is 2. The molecule has 0 N–H and O–H groups in total. The highest BCUT2D eigenvalue weighted by Crippen LogP contribution is 2.28. The zero-order valence-electron chi connectivity index (χ0n) is 10.2. The van der Waals surface area contributed by atoms with E-state index in [0.29, 0.717) is 0 Å². The van der Waals surface area contributed by atoms with E-state index in [2.05, 4.69) is 58.4 Å². The second-order valence-corrected chi connectivity index (χ2v) is 5.98. The van der Waals surface area contributed by atoms with Crippen LogP contribution in [0.2, 0.25) is 5.02 Å². The van der Waals surface area contributed by atoms with Crippen molar-refractivity contribution in [2.45, 2.75) is 6.42 Å². The first-order valence-corrected chi connectivity index (χ1v) is 7.30. The third-order valence-corrected chi connectivity index (χ3v) is 3.91. The van der Waals surface area contributed by atoms with Crippen LogP contribution in [0.1, 0.15) is 16.7 Å². The molecule has 1 aliphatic carbocycles. The van der Waals surface area contributed by atoms with Crippen LogP contribution in [-0.2, 0) is 6.42 Å². The fourth-order valence-electron chi connectivity index (χ4n) is 2.26. The Balaban J connectivity index is 1.80. The third-order valence-electron chi connectivity index (χ3n) is 3.18. The summed E-state index contributed by atoms with van der Waals surface area (Å²) in [6, 6.07) is 14.3. The van der Waals surface area contributed by atoms with Gasteiger partial charge in [-0.25, -0.2) is 0 Å². The van der Waals surface area contributed by atoms with Gasteiger partial charge in [0.15, 0.2) is 0 Å². The van der Waals surface area contributed by atoms with Crippen molar-refractivity contribution in [3.8, 4) is 0 Å². The molecule has 0 saturated heterocycles. The Morgan fingerprint density at radius 3 is 2.79 bits per heavy atom. The molecule has 0 bridgehead atoms. The van der Waals surface area contributed by atoms with Gasteiger partial charge >= 0.3 is 0 Å². The first kappa shape index (κ1) is 12.7. The van der Waals surface area contributed by atoms with Crippen molar-refractivity contribution >= 4 is 39.7 Å². The van der Waals surface area contributed by atoms with E-state index in [9.17, 15) is 0 Å². The number of hydrogen-bond acceptors (Lipinski definition) is 0. The Morgan fingerprint density at radius 2 is 1.95 bits per heavy atom. The van der Waals surface area contributed by atoms with Gasteiger partial charge in [0.2, 0.25) is 0 Å². The van der Waals surface area contributed by atoms with Crippen LogP contribution < -0.4 is 0 Å². The molecule has 0 amide bonds. The smallest absolute Gasteiger partial charge is 0.0411 e. The Hall–Kier alpha value is -1.31. The molecule has 94 valence electrons. The molecule has 0 aliphatic heterocycles. The normalized spacial score (nSPS) is 13.7. The highest BCUT2D eigenvalue weighted by atomic mass is 79.9. The summed E-state index contributed by atoms with van der Waals surface area (Å²) in [6.07, 6.45) is 7.51. The molecule has 0 aromatic heterocycles. The van der Waals surface area contributed by atoms with Crippen LogP contribution >= 0.6 is 27.5 Å². The SMILES string of the molecule is Clc1cccc(/C=C/C2=Cc3ccc(Br)cc3C2)c1. The van der Waals surface area contributed by atoms with E-state index >= 15 is 0 Å². The van der Waals surface area contributed by atoms with E-state index in [-0.39, 0.29) is 0 Å². The van der Waals surface area contributed by atoms with Crippen molar-refractivity contribution in [3.05, 3.63) is 80.3 Å². The predicted molar refractivity (Wildman–Crippen MR) is 86.3 cm³/mol. The highest BCUT2D eigenvalue weighted by molar-refractivity contribution is 9.10. The summed E-state index contributed by atoms with van der Waals surface area (Å²) >= 11 is 9.49. The van der Waals surface area contributed by atoms with Gasteiger partial charge in [0.25, 0.3) is 0 Å². The zero-order chi connectivity index (χ0) is 13.2. The minimum atomic E-state index is 0.773. The van der Waals surface area contributed by atoms with E-state index in [1.54, 1.807) is 0 Å². The van der Waals surface area contributed by atoms with E-state index in [1.807, 2.05) is 18.2 Å². The van der Waals surface area contributed by atoms with Gasteiger partial charge in [-0.05, 0) is 52.9 Å². The number of halogens is 2. The van der Waals surface area contributed by atoms with Crippen LogP contribution in [0.4, 0.5) is 0 Å². The maximum absolute atomic E-state index is 5.98. The second kappa shape index (κ2) is 5.36. The average molecular weight is 332 g/mol. The fourth-order valence-corrected chi connectivity index (χ4v) is 2.87. The molecule has 3 rings (SSSR count). The van der Waals surface area contributed by atoms with Crippen molar-refractivity contribution < 1.29 is 0 Å². The van der Waals surface area contributed by atoms with Gasteiger partial charge in [0, 0.05) is 9.50 Å². The summed E-state index contributed by atoms with van der Waals surface area (Å²) < 4.78 is 1.14. The van der Waals surface area contributed by atoms with Gasteiger partial charge in [-0.1, -0.05) is 64.0 Å². The minimum Gasteiger partial charge on any atom is -0.0843 e. The molecule has 2 aromatic carbocycles. The van der Waals surface area contributed by atoms with Crippen LogP contribution in [0, 0.1) is 0 Å². The average Bonchev–Trinajstić information content (AvgIpc) is 2.78. The maximum Gasteiger partial charge on any atom is 0.0411 e. The molecule has 0 spiro atoms. The molecule has 1 aliphatic rings. The summed E-state index contributed by atoms with van der Waals surface area (Å²) in [4.78, 5) is 0. The van der Waals surface area contributed by atoms with Gasteiger partial charge < -0.3 is 0 Å². The van der Waals surface area contributed by atoms with Crippen molar-refractivity contribution in [2.75, 3.05) is 0 Å². The molecule has 0 heterocycles. The lowest BCUT2D eigenvalue weighted by Crippen LogP contribution is -1.82. The summed E-state index contributed by atoms with van der Waals surface area (Å²) in [7, 11) is 0. The van der Waals surface area contributed by atoms with Crippen LogP contribution in [0.25, 0.3) is 12.2 Å². The first-order chi connectivity index (χ1) is 9.20. The van der Waals surface area contributed by atoms with Crippen LogP contribution in [0.5, 0.6) is 0 Å². The second-order valence-electron chi connectivity index (χ2n) is 4.63. The molecule has 0 saturated carbocycles. The Bertz CT molecular complexity index is 683. The maximum atomic E-state index is 5.98. The highest BCUT2D eigenvalue weighted by Gasteiger charge is 2.10. The summed E-state index contributed by atoms with van der Waals surface area (Å²) in [6.45, 7) is 0. The zero-order valence-corrected chi connectivity index (χ0v) is 12.6. The molecule has 0 atom stereocenters. The Morgan fingerprint density at radius 1 is 1.05 bits per heavy atom. The van der Waals surface area contributed by atoms with E-state index in [0.717, 1.165) is 21.5 Å². The first-order valence-electron chi connectivity index (χ1n) is 6.13. The largest absolute Gasteiger partial charge is 0.0843 e. The number of hydrogen-bond donors (Lipinski definition) is 0. The monoisotopic (exact) mass is 330 g/mol. The van der Waals surface area contributed by atoms with Gasteiger partial charge in [0.1, 0.15) is 0 Å². The van der Waals surface area contributed by atoms with Crippen molar-refractivity contribution in [2.24, 2.45) is 0 Å². The molecule has 0 nitrogen and oxygen atoms in total. The quantitative estimate of drug-likeness (QED) is 0.656. The molecular weight excluding hydrogens is 320 g/mol. The lowest BCUT2D eigenvalue weighted by atomic mass is 10.1. The summed E-state index contributed by atoms with van der Waals surface area (Å²) in [5, 5.41) is 0.773. The Kier molecular flexibility index (Phi) is 3.58. The standard InChI is InChI=1S/C17H12BrCl/c18-16-7-6-14-8-13(9-15(14)11-16)5-4-12-2-1-3-17(19)10-12/h1-8,10-11H,9H2/b5-4+.